The third kappa shape index (κ3) is 4.82. The zero-order valence-corrected chi connectivity index (χ0v) is 14.1. The number of carbonyl (C=O) groups is 1. The Kier molecular flexibility index (Phi) is 6.17. The third-order valence-corrected chi connectivity index (χ3v) is 4.11. The van der Waals surface area contributed by atoms with Crippen molar-refractivity contribution in [1.82, 2.24) is 0 Å². The van der Waals surface area contributed by atoms with E-state index < -0.39 is 0 Å². The molecule has 0 unspecified atom stereocenters. The maximum absolute atomic E-state index is 12.0. The monoisotopic (exact) mass is 333 g/mol. The molecule has 0 saturated heterocycles. The molecule has 0 spiro atoms. The highest BCUT2D eigenvalue weighted by Crippen LogP contribution is 2.30. The molecule has 0 fully saturated rings. The summed E-state index contributed by atoms with van der Waals surface area (Å²) in [5.74, 6) is 2.23. The van der Waals surface area contributed by atoms with Gasteiger partial charge in [0.2, 0.25) is 5.91 Å². The van der Waals surface area contributed by atoms with Crippen LogP contribution in [0.2, 0.25) is 0 Å². The van der Waals surface area contributed by atoms with Crippen molar-refractivity contribution in [2.75, 3.05) is 32.4 Å². The summed E-state index contributed by atoms with van der Waals surface area (Å²) in [6, 6.07) is 12.8. The molecule has 0 atom stereocenters. The van der Waals surface area contributed by atoms with E-state index in [-0.39, 0.29) is 5.91 Å². The first-order valence-electron chi connectivity index (χ1n) is 6.95. The fourth-order valence-corrected chi connectivity index (χ4v) is 2.63. The fraction of sp³-hybridized carbons (Fsp3) is 0.235. The van der Waals surface area contributed by atoms with Gasteiger partial charge in [0, 0.05) is 16.6 Å². The summed E-state index contributed by atoms with van der Waals surface area (Å²) in [5, 5.41) is 2.84. The van der Waals surface area contributed by atoms with Gasteiger partial charge >= 0.3 is 0 Å². The van der Waals surface area contributed by atoms with Crippen LogP contribution in [0.5, 0.6) is 17.2 Å². The summed E-state index contributed by atoms with van der Waals surface area (Å²) in [7, 11) is 4.75. The highest BCUT2D eigenvalue weighted by atomic mass is 32.2. The summed E-state index contributed by atoms with van der Waals surface area (Å²) in [4.78, 5) is 13.0. The molecule has 2 rings (SSSR count). The Morgan fingerprint density at radius 3 is 2.26 bits per heavy atom. The first-order chi connectivity index (χ1) is 11.2. The Hall–Kier alpha value is -2.34. The van der Waals surface area contributed by atoms with Crippen LogP contribution in [0.1, 0.15) is 0 Å². The van der Waals surface area contributed by atoms with Gasteiger partial charge in [0.05, 0.1) is 27.1 Å². The second kappa shape index (κ2) is 8.33. The molecule has 1 N–H and O–H groups in total. The zero-order chi connectivity index (χ0) is 16.7. The Bertz CT molecular complexity index is 658. The Balaban J connectivity index is 1.91. The minimum atomic E-state index is -0.0852. The second-order valence-electron chi connectivity index (χ2n) is 4.58. The maximum atomic E-state index is 12.0. The summed E-state index contributed by atoms with van der Waals surface area (Å²) >= 11 is 1.46. The van der Waals surface area contributed by atoms with Gasteiger partial charge in [-0.1, -0.05) is 0 Å². The molecule has 0 aliphatic rings. The number of amides is 1. The predicted octanol–water partition coefficient (Wildman–Crippen LogP) is 3.44. The van der Waals surface area contributed by atoms with Crippen LogP contribution < -0.4 is 19.5 Å². The lowest BCUT2D eigenvalue weighted by Gasteiger charge is -2.10. The van der Waals surface area contributed by atoms with Gasteiger partial charge in [0.25, 0.3) is 0 Å². The van der Waals surface area contributed by atoms with Crippen LogP contribution in [-0.4, -0.2) is 33.0 Å². The van der Waals surface area contributed by atoms with E-state index in [2.05, 4.69) is 5.32 Å². The molecule has 5 nitrogen and oxygen atoms in total. The van der Waals surface area contributed by atoms with Gasteiger partial charge in [-0.25, -0.2) is 0 Å². The molecule has 0 radical (unpaired) electrons. The number of hydrogen-bond acceptors (Lipinski definition) is 5. The van der Waals surface area contributed by atoms with E-state index in [0.29, 0.717) is 22.9 Å². The number of anilines is 1. The lowest BCUT2D eigenvalue weighted by molar-refractivity contribution is -0.113. The summed E-state index contributed by atoms with van der Waals surface area (Å²) in [6.45, 7) is 0. The standard InChI is InChI=1S/C17H19NO4S/c1-20-13-5-7-14(8-6-13)23-11-17(19)18-12-4-9-15(21-2)16(10-12)22-3/h4-10H,11H2,1-3H3,(H,18,19). The van der Waals surface area contributed by atoms with Crippen LogP contribution in [0, 0.1) is 0 Å². The molecule has 2 aromatic rings. The highest BCUT2D eigenvalue weighted by molar-refractivity contribution is 8.00. The van der Waals surface area contributed by atoms with Gasteiger partial charge in [-0.2, -0.15) is 0 Å². The number of nitrogens with one attached hydrogen (secondary N) is 1. The summed E-state index contributed by atoms with van der Waals surface area (Å²) < 4.78 is 15.5. The Morgan fingerprint density at radius 1 is 0.957 bits per heavy atom. The van der Waals surface area contributed by atoms with Crippen LogP contribution in [0.3, 0.4) is 0 Å². The molecule has 0 saturated carbocycles. The van der Waals surface area contributed by atoms with Crippen molar-refractivity contribution >= 4 is 23.4 Å². The Morgan fingerprint density at radius 2 is 1.65 bits per heavy atom. The molecule has 0 aliphatic carbocycles. The topological polar surface area (TPSA) is 56.8 Å². The van der Waals surface area contributed by atoms with E-state index in [9.17, 15) is 4.79 Å². The van der Waals surface area contributed by atoms with E-state index in [0.717, 1.165) is 10.6 Å². The number of rotatable bonds is 7. The molecule has 1 amide bonds. The number of ether oxygens (including phenoxy) is 3. The smallest absolute Gasteiger partial charge is 0.234 e. The van der Waals surface area contributed by atoms with Crippen LogP contribution in [0.15, 0.2) is 47.4 Å². The van der Waals surface area contributed by atoms with Crippen LogP contribution >= 0.6 is 11.8 Å². The van der Waals surface area contributed by atoms with Crippen molar-refractivity contribution in [3.63, 3.8) is 0 Å². The van der Waals surface area contributed by atoms with Crippen molar-refractivity contribution in [1.29, 1.82) is 0 Å². The fourth-order valence-electron chi connectivity index (χ4n) is 1.93. The molecule has 0 heterocycles. The van der Waals surface area contributed by atoms with Gasteiger partial charge in [0.1, 0.15) is 5.75 Å². The predicted molar refractivity (Wildman–Crippen MR) is 91.9 cm³/mol. The number of carbonyl (C=O) groups excluding carboxylic acids is 1. The third-order valence-electron chi connectivity index (χ3n) is 3.10. The van der Waals surface area contributed by atoms with E-state index in [1.54, 1.807) is 39.5 Å². The quantitative estimate of drug-likeness (QED) is 0.787. The van der Waals surface area contributed by atoms with Crippen LogP contribution in [0.25, 0.3) is 0 Å². The van der Waals surface area contributed by atoms with E-state index in [1.807, 2.05) is 24.3 Å². The van der Waals surface area contributed by atoms with Crippen molar-refractivity contribution < 1.29 is 19.0 Å². The molecular weight excluding hydrogens is 314 g/mol. The van der Waals surface area contributed by atoms with Gasteiger partial charge in [-0.05, 0) is 36.4 Å². The lowest BCUT2D eigenvalue weighted by Crippen LogP contribution is -2.14. The van der Waals surface area contributed by atoms with Crippen molar-refractivity contribution in [3.05, 3.63) is 42.5 Å². The van der Waals surface area contributed by atoms with Crippen molar-refractivity contribution in [3.8, 4) is 17.2 Å². The average Bonchev–Trinajstić information content (AvgIpc) is 2.60. The molecule has 6 heteroatoms. The van der Waals surface area contributed by atoms with Crippen LogP contribution in [0.4, 0.5) is 5.69 Å². The maximum Gasteiger partial charge on any atom is 0.234 e. The van der Waals surface area contributed by atoms with Gasteiger partial charge in [-0.15, -0.1) is 11.8 Å². The normalized spacial score (nSPS) is 10.0. The minimum absolute atomic E-state index is 0.0852. The number of thioether (sulfide) groups is 1. The average molecular weight is 333 g/mol. The molecule has 23 heavy (non-hydrogen) atoms. The van der Waals surface area contributed by atoms with Crippen molar-refractivity contribution in [2.24, 2.45) is 0 Å². The number of hydrogen-bond donors (Lipinski definition) is 1. The second-order valence-corrected chi connectivity index (χ2v) is 5.63. The molecule has 122 valence electrons. The molecule has 0 aromatic heterocycles. The largest absolute Gasteiger partial charge is 0.497 e. The Labute approximate surface area is 139 Å². The molecule has 2 aromatic carbocycles. The van der Waals surface area contributed by atoms with E-state index in [1.165, 1.54) is 11.8 Å². The van der Waals surface area contributed by atoms with Crippen LogP contribution in [-0.2, 0) is 4.79 Å². The molecular formula is C17H19NO4S. The highest BCUT2D eigenvalue weighted by Gasteiger charge is 2.08. The first-order valence-corrected chi connectivity index (χ1v) is 7.93. The number of methoxy groups -OCH3 is 3. The van der Waals surface area contributed by atoms with Gasteiger partial charge in [0.15, 0.2) is 11.5 Å². The van der Waals surface area contributed by atoms with E-state index in [4.69, 9.17) is 14.2 Å². The van der Waals surface area contributed by atoms with Crippen molar-refractivity contribution in [2.45, 2.75) is 4.90 Å². The molecule has 0 aliphatic heterocycles. The zero-order valence-electron chi connectivity index (χ0n) is 13.3. The van der Waals surface area contributed by atoms with E-state index >= 15 is 0 Å². The molecule has 0 bridgehead atoms. The summed E-state index contributed by atoms with van der Waals surface area (Å²) in [6.07, 6.45) is 0. The SMILES string of the molecule is COc1ccc(SCC(=O)Nc2ccc(OC)c(OC)c2)cc1. The minimum Gasteiger partial charge on any atom is -0.497 e. The van der Waals surface area contributed by atoms with Gasteiger partial charge in [-0.3, -0.25) is 4.79 Å². The van der Waals surface area contributed by atoms with Gasteiger partial charge < -0.3 is 19.5 Å². The lowest BCUT2D eigenvalue weighted by atomic mass is 10.2. The first kappa shape index (κ1) is 17.0. The summed E-state index contributed by atoms with van der Waals surface area (Å²) in [5.41, 5.74) is 0.669. The number of benzene rings is 2.